The second kappa shape index (κ2) is 9.42. The van der Waals surface area contributed by atoms with Crippen LogP contribution in [-0.4, -0.2) is 53.8 Å². The van der Waals surface area contributed by atoms with E-state index < -0.39 is 5.92 Å². The minimum Gasteiger partial charge on any atom is -0.350 e. The monoisotopic (exact) mass is 448 g/mol. The molecule has 2 fully saturated rings. The maximum atomic E-state index is 12.7. The van der Waals surface area contributed by atoms with E-state index in [2.05, 4.69) is 15.5 Å². The van der Waals surface area contributed by atoms with Gasteiger partial charge in [0.2, 0.25) is 16.9 Å². The van der Waals surface area contributed by atoms with Crippen molar-refractivity contribution in [1.82, 2.24) is 10.2 Å². The Morgan fingerprint density at radius 2 is 2.07 bits per heavy atom. The number of rotatable bonds is 7. The maximum Gasteiger partial charge on any atom is 0.231 e. The van der Waals surface area contributed by atoms with Crippen LogP contribution in [0.3, 0.4) is 0 Å². The fourth-order valence-electron chi connectivity index (χ4n) is 3.37. The average molecular weight is 449 g/mol. The van der Waals surface area contributed by atoms with Crippen molar-refractivity contribution >= 4 is 45.7 Å². The zero-order valence-corrected chi connectivity index (χ0v) is 18.6. The second-order valence-electron chi connectivity index (χ2n) is 7.34. The van der Waals surface area contributed by atoms with E-state index in [0.29, 0.717) is 24.9 Å². The van der Waals surface area contributed by atoms with Crippen LogP contribution in [0.2, 0.25) is 0 Å². The van der Waals surface area contributed by atoms with Gasteiger partial charge >= 0.3 is 0 Å². The third-order valence-electron chi connectivity index (χ3n) is 5.20. The molecule has 2 saturated heterocycles. The highest BCUT2D eigenvalue weighted by Gasteiger charge is 2.35. The molecule has 0 radical (unpaired) electrons. The molecule has 0 saturated carbocycles. The van der Waals surface area contributed by atoms with Crippen LogP contribution in [0.1, 0.15) is 24.0 Å². The van der Waals surface area contributed by atoms with E-state index in [4.69, 9.17) is 9.47 Å². The Bertz CT molecular complexity index is 929. The van der Waals surface area contributed by atoms with Gasteiger partial charge in [0, 0.05) is 30.8 Å². The van der Waals surface area contributed by atoms with Gasteiger partial charge in [-0.3, -0.25) is 9.59 Å². The topological polar surface area (TPSA) is 93.7 Å². The number of aromatic nitrogens is 2. The highest BCUT2D eigenvalue weighted by molar-refractivity contribution is 8.01. The highest BCUT2D eigenvalue weighted by Crippen LogP contribution is 2.30. The maximum absolute atomic E-state index is 12.7. The van der Waals surface area contributed by atoms with E-state index in [0.717, 1.165) is 27.8 Å². The number of carbonyl (C=O) groups excluding carboxylic acids is 2. The number of aryl methyl sites for hydroxylation is 2. The predicted molar refractivity (Wildman–Crippen MR) is 116 cm³/mol. The summed E-state index contributed by atoms with van der Waals surface area (Å²) in [6.07, 6.45) is 0.843. The lowest BCUT2D eigenvalue weighted by atomic mass is 10.1. The van der Waals surface area contributed by atoms with Crippen LogP contribution in [0.5, 0.6) is 0 Å². The molecule has 2 amide bonds. The van der Waals surface area contributed by atoms with Gasteiger partial charge in [0.25, 0.3) is 0 Å². The summed E-state index contributed by atoms with van der Waals surface area (Å²) < 4.78 is 11.6. The van der Waals surface area contributed by atoms with Crippen LogP contribution in [0.4, 0.5) is 10.8 Å². The minimum absolute atomic E-state index is 0.0386. The van der Waals surface area contributed by atoms with Crippen molar-refractivity contribution in [1.29, 1.82) is 0 Å². The van der Waals surface area contributed by atoms with Crippen LogP contribution < -0.4 is 10.2 Å². The first-order chi connectivity index (χ1) is 14.5. The Labute approximate surface area is 183 Å². The molecule has 1 aromatic heterocycles. The molecule has 0 unspecified atom stereocenters. The molecule has 1 N–H and O–H groups in total. The summed E-state index contributed by atoms with van der Waals surface area (Å²) in [6.45, 7) is 5.72. The van der Waals surface area contributed by atoms with Crippen molar-refractivity contribution in [3.05, 3.63) is 29.3 Å². The molecule has 3 heterocycles. The third kappa shape index (κ3) is 5.00. The van der Waals surface area contributed by atoms with Gasteiger partial charge in [0.1, 0.15) is 0 Å². The van der Waals surface area contributed by atoms with Crippen LogP contribution in [0.15, 0.2) is 22.5 Å². The first-order valence-electron chi connectivity index (χ1n) is 9.87. The molecule has 2 aliphatic heterocycles. The number of thioether (sulfide) groups is 1. The van der Waals surface area contributed by atoms with Crippen molar-refractivity contribution in [2.24, 2.45) is 5.92 Å². The number of anilines is 2. The van der Waals surface area contributed by atoms with Gasteiger partial charge in [-0.05, 0) is 37.1 Å². The van der Waals surface area contributed by atoms with Gasteiger partial charge in [-0.15, -0.1) is 10.2 Å². The standard InChI is InChI=1S/C20H24N4O4S2/c1-12-3-4-15(9-13(12)2)24-11-14(10-16(24)25)18(26)21-19-22-23-20(30-19)29-8-5-17-27-6-7-28-17/h3-4,9,14,17H,5-8,10-11H2,1-2H3,(H,21,22,26)/t14-/m0/s1. The van der Waals surface area contributed by atoms with Crippen LogP contribution in [0, 0.1) is 19.8 Å². The van der Waals surface area contributed by atoms with Crippen LogP contribution >= 0.6 is 23.1 Å². The van der Waals surface area contributed by atoms with E-state index in [9.17, 15) is 9.59 Å². The molecule has 0 spiro atoms. The Hall–Kier alpha value is -2.01. The smallest absolute Gasteiger partial charge is 0.231 e. The number of nitrogens with zero attached hydrogens (tertiary/aromatic N) is 3. The van der Waals surface area contributed by atoms with Gasteiger partial charge < -0.3 is 19.7 Å². The summed E-state index contributed by atoms with van der Waals surface area (Å²) in [5, 5.41) is 11.4. The molecular formula is C20H24N4O4S2. The van der Waals surface area contributed by atoms with Crippen LogP contribution in [-0.2, 0) is 19.1 Å². The van der Waals surface area contributed by atoms with Gasteiger partial charge in [-0.1, -0.05) is 29.2 Å². The molecule has 1 atom stereocenters. The Balaban J connectivity index is 1.29. The molecule has 2 aromatic rings. The Morgan fingerprint density at radius 1 is 1.27 bits per heavy atom. The zero-order valence-electron chi connectivity index (χ0n) is 16.9. The highest BCUT2D eigenvalue weighted by atomic mass is 32.2. The molecular weight excluding hydrogens is 424 g/mol. The first kappa shape index (κ1) is 21.2. The summed E-state index contributed by atoms with van der Waals surface area (Å²) in [7, 11) is 0. The predicted octanol–water partition coefficient (Wildman–Crippen LogP) is 3.00. The van der Waals surface area contributed by atoms with Gasteiger partial charge in [-0.2, -0.15) is 0 Å². The van der Waals surface area contributed by atoms with E-state index in [1.165, 1.54) is 16.9 Å². The van der Waals surface area contributed by atoms with Crippen molar-refractivity contribution in [3.8, 4) is 0 Å². The van der Waals surface area contributed by atoms with Gasteiger partial charge in [-0.25, -0.2) is 0 Å². The summed E-state index contributed by atoms with van der Waals surface area (Å²) in [5.74, 6) is 0.157. The first-order valence-corrected chi connectivity index (χ1v) is 11.7. The van der Waals surface area contributed by atoms with Gasteiger partial charge in [0.15, 0.2) is 10.6 Å². The minimum atomic E-state index is -0.407. The molecule has 4 rings (SSSR count). The molecule has 0 aliphatic carbocycles. The fraction of sp³-hybridized carbons (Fsp3) is 0.500. The number of nitrogens with one attached hydrogen (secondary N) is 1. The summed E-state index contributed by atoms with van der Waals surface area (Å²) in [4.78, 5) is 26.8. The summed E-state index contributed by atoms with van der Waals surface area (Å²) in [6, 6.07) is 5.91. The lowest BCUT2D eigenvalue weighted by molar-refractivity contribution is -0.122. The summed E-state index contributed by atoms with van der Waals surface area (Å²) >= 11 is 2.89. The third-order valence-corrected chi connectivity index (χ3v) is 7.21. The van der Waals surface area contributed by atoms with E-state index in [-0.39, 0.29) is 24.5 Å². The van der Waals surface area contributed by atoms with Crippen molar-refractivity contribution in [3.63, 3.8) is 0 Å². The van der Waals surface area contributed by atoms with E-state index in [1.54, 1.807) is 16.7 Å². The number of carbonyl (C=O) groups is 2. The van der Waals surface area contributed by atoms with Crippen molar-refractivity contribution in [2.45, 2.75) is 37.3 Å². The molecule has 2 aliphatic rings. The summed E-state index contributed by atoms with van der Waals surface area (Å²) in [5.41, 5.74) is 3.13. The molecule has 8 nitrogen and oxygen atoms in total. The number of hydrogen-bond donors (Lipinski definition) is 1. The lowest BCUT2D eigenvalue weighted by Gasteiger charge is -2.17. The van der Waals surface area contributed by atoms with Crippen molar-refractivity contribution < 1.29 is 19.1 Å². The zero-order chi connectivity index (χ0) is 21.1. The van der Waals surface area contributed by atoms with Crippen molar-refractivity contribution in [2.75, 3.05) is 35.7 Å². The van der Waals surface area contributed by atoms with E-state index >= 15 is 0 Å². The normalized spacial score (nSPS) is 19.6. The number of hydrogen-bond acceptors (Lipinski definition) is 8. The lowest BCUT2D eigenvalue weighted by Crippen LogP contribution is -2.28. The number of ether oxygens (including phenoxy) is 2. The van der Waals surface area contributed by atoms with Gasteiger partial charge in [0.05, 0.1) is 19.1 Å². The Morgan fingerprint density at radius 3 is 2.83 bits per heavy atom. The van der Waals surface area contributed by atoms with Crippen LogP contribution in [0.25, 0.3) is 0 Å². The number of amides is 2. The molecule has 1 aromatic carbocycles. The molecule has 160 valence electrons. The average Bonchev–Trinajstić information content (AvgIpc) is 3.46. The fourth-order valence-corrected chi connectivity index (χ4v) is 5.15. The molecule has 0 bridgehead atoms. The largest absolute Gasteiger partial charge is 0.350 e. The quantitative estimate of drug-likeness (QED) is 0.514. The van der Waals surface area contributed by atoms with E-state index in [1.807, 2.05) is 32.0 Å². The Kier molecular flexibility index (Phi) is 6.67. The SMILES string of the molecule is Cc1ccc(N2C[C@@H](C(=O)Nc3nnc(SCCC4OCCO4)s3)CC2=O)cc1C. The second-order valence-corrected chi connectivity index (χ2v) is 9.66. The molecule has 30 heavy (non-hydrogen) atoms. The molecule has 10 heteroatoms. The number of benzene rings is 1.